The van der Waals surface area contributed by atoms with Crippen LogP contribution in [0, 0.1) is 6.92 Å². The largest absolute Gasteiger partial charge is 0.484 e. The summed E-state index contributed by atoms with van der Waals surface area (Å²) in [5.41, 5.74) is 1.26. The SMILES string of the molecule is CC[C@H](C(=O)NC(C)(C)C)N(Cc1c(Cl)cccc1Cl)C(=O)COc1ccc(C)cc1. The van der Waals surface area contributed by atoms with Crippen molar-refractivity contribution in [3.63, 3.8) is 0 Å². The molecule has 31 heavy (non-hydrogen) atoms. The number of amides is 2. The van der Waals surface area contributed by atoms with Gasteiger partial charge < -0.3 is 15.0 Å². The molecule has 0 aromatic heterocycles. The number of carbonyl (C=O) groups is 2. The summed E-state index contributed by atoms with van der Waals surface area (Å²) in [6.45, 7) is 9.43. The van der Waals surface area contributed by atoms with Gasteiger partial charge in [-0.05, 0) is 58.4 Å². The molecule has 0 aliphatic rings. The second kappa shape index (κ2) is 10.9. The molecule has 7 heteroatoms. The van der Waals surface area contributed by atoms with Crippen LogP contribution in [0.25, 0.3) is 0 Å². The Kier molecular flexibility index (Phi) is 8.78. The minimum Gasteiger partial charge on any atom is -0.484 e. The first-order valence-corrected chi connectivity index (χ1v) is 11.0. The van der Waals surface area contributed by atoms with Crippen molar-refractivity contribution in [1.82, 2.24) is 10.2 Å². The molecule has 0 radical (unpaired) electrons. The standard InChI is InChI=1S/C24H30Cl2N2O3/c1-6-21(23(30)27-24(3,4)5)28(14-18-19(25)8-7-9-20(18)26)22(29)15-31-17-12-10-16(2)11-13-17/h7-13,21H,6,14-15H2,1-5H3,(H,27,30)/t21-/m1/s1. The molecule has 2 aromatic carbocycles. The Bertz CT molecular complexity index is 888. The summed E-state index contributed by atoms with van der Waals surface area (Å²) in [5, 5.41) is 3.84. The number of nitrogens with zero attached hydrogens (tertiary/aromatic N) is 1. The lowest BCUT2D eigenvalue weighted by Gasteiger charge is -2.33. The van der Waals surface area contributed by atoms with Crippen LogP contribution in [0.15, 0.2) is 42.5 Å². The molecule has 0 unspecified atom stereocenters. The third-order valence-electron chi connectivity index (χ3n) is 4.66. The van der Waals surface area contributed by atoms with Gasteiger partial charge >= 0.3 is 0 Å². The van der Waals surface area contributed by atoms with Crippen molar-refractivity contribution in [2.24, 2.45) is 0 Å². The number of benzene rings is 2. The normalized spacial score (nSPS) is 12.2. The van der Waals surface area contributed by atoms with Crippen LogP contribution < -0.4 is 10.1 Å². The molecule has 5 nitrogen and oxygen atoms in total. The molecule has 0 saturated carbocycles. The molecule has 1 atom stereocenters. The summed E-state index contributed by atoms with van der Waals surface area (Å²) in [5.74, 6) is 0.0243. The van der Waals surface area contributed by atoms with E-state index in [0.29, 0.717) is 27.8 Å². The molecule has 0 aliphatic carbocycles. The fourth-order valence-electron chi connectivity index (χ4n) is 3.09. The van der Waals surface area contributed by atoms with Crippen LogP contribution in [-0.4, -0.2) is 34.9 Å². The number of nitrogens with one attached hydrogen (secondary N) is 1. The summed E-state index contributed by atoms with van der Waals surface area (Å²) < 4.78 is 5.69. The third kappa shape index (κ3) is 7.44. The van der Waals surface area contributed by atoms with E-state index < -0.39 is 11.6 Å². The van der Waals surface area contributed by atoms with Gasteiger partial charge in [0.15, 0.2) is 6.61 Å². The summed E-state index contributed by atoms with van der Waals surface area (Å²) >= 11 is 12.7. The minimum absolute atomic E-state index is 0.102. The van der Waals surface area contributed by atoms with E-state index in [1.165, 1.54) is 4.90 Å². The van der Waals surface area contributed by atoms with Gasteiger partial charge in [-0.25, -0.2) is 0 Å². The average Bonchev–Trinajstić information content (AvgIpc) is 2.68. The lowest BCUT2D eigenvalue weighted by atomic mass is 10.1. The maximum atomic E-state index is 13.2. The third-order valence-corrected chi connectivity index (χ3v) is 5.37. The quantitative estimate of drug-likeness (QED) is 0.568. The summed E-state index contributed by atoms with van der Waals surface area (Å²) in [6.07, 6.45) is 0.431. The van der Waals surface area contributed by atoms with E-state index in [1.807, 2.05) is 58.9 Å². The van der Waals surface area contributed by atoms with Crippen LogP contribution in [0.3, 0.4) is 0 Å². The van der Waals surface area contributed by atoms with Crippen LogP contribution in [-0.2, 0) is 16.1 Å². The highest BCUT2D eigenvalue weighted by Crippen LogP contribution is 2.27. The monoisotopic (exact) mass is 464 g/mol. The predicted octanol–water partition coefficient (Wildman–Crippen LogP) is 5.40. The van der Waals surface area contributed by atoms with Crippen LogP contribution in [0.5, 0.6) is 5.75 Å². The maximum Gasteiger partial charge on any atom is 0.261 e. The van der Waals surface area contributed by atoms with Crippen molar-refractivity contribution in [2.45, 2.75) is 59.2 Å². The van der Waals surface area contributed by atoms with Gasteiger partial charge in [-0.3, -0.25) is 9.59 Å². The zero-order valence-electron chi connectivity index (χ0n) is 18.7. The number of rotatable bonds is 8. The van der Waals surface area contributed by atoms with E-state index >= 15 is 0 Å². The van der Waals surface area contributed by atoms with Crippen molar-refractivity contribution < 1.29 is 14.3 Å². The van der Waals surface area contributed by atoms with Gasteiger partial charge in [-0.1, -0.05) is 53.9 Å². The molecule has 0 bridgehead atoms. The molecule has 0 spiro atoms. The van der Waals surface area contributed by atoms with Gasteiger partial charge in [0.05, 0.1) is 0 Å². The van der Waals surface area contributed by atoms with Crippen molar-refractivity contribution >= 4 is 35.0 Å². The molecule has 2 aromatic rings. The Morgan fingerprint density at radius 3 is 2.16 bits per heavy atom. The summed E-state index contributed by atoms with van der Waals surface area (Å²) in [6, 6.07) is 11.9. The van der Waals surface area contributed by atoms with Crippen LogP contribution in [0.2, 0.25) is 10.0 Å². The second-order valence-electron chi connectivity index (χ2n) is 8.49. The minimum atomic E-state index is -0.694. The number of hydrogen-bond donors (Lipinski definition) is 1. The highest BCUT2D eigenvalue weighted by molar-refractivity contribution is 6.36. The van der Waals surface area contributed by atoms with E-state index in [-0.39, 0.29) is 25.0 Å². The van der Waals surface area contributed by atoms with E-state index in [4.69, 9.17) is 27.9 Å². The molecule has 0 fully saturated rings. The first-order valence-electron chi connectivity index (χ1n) is 10.3. The lowest BCUT2D eigenvalue weighted by Crippen LogP contribution is -2.54. The number of ether oxygens (including phenoxy) is 1. The second-order valence-corrected chi connectivity index (χ2v) is 9.30. The van der Waals surface area contributed by atoms with Gasteiger partial charge in [0, 0.05) is 27.7 Å². The smallest absolute Gasteiger partial charge is 0.261 e. The van der Waals surface area contributed by atoms with Crippen molar-refractivity contribution in [1.29, 1.82) is 0 Å². The van der Waals surface area contributed by atoms with Gasteiger partial charge in [-0.2, -0.15) is 0 Å². The zero-order chi connectivity index (χ0) is 23.2. The molecular weight excluding hydrogens is 435 g/mol. The van der Waals surface area contributed by atoms with E-state index in [2.05, 4.69) is 5.32 Å². The first kappa shape index (κ1) is 25.0. The van der Waals surface area contributed by atoms with Crippen LogP contribution in [0.1, 0.15) is 45.2 Å². The van der Waals surface area contributed by atoms with Crippen LogP contribution >= 0.6 is 23.2 Å². The average molecular weight is 465 g/mol. The van der Waals surface area contributed by atoms with Gasteiger partial charge in [0.25, 0.3) is 5.91 Å². The lowest BCUT2D eigenvalue weighted by molar-refractivity contribution is -0.143. The molecule has 0 saturated heterocycles. The van der Waals surface area contributed by atoms with Gasteiger partial charge in [-0.15, -0.1) is 0 Å². The van der Waals surface area contributed by atoms with E-state index in [9.17, 15) is 9.59 Å². The molecular formula is C24H30Cl2N2O3. The Morgan fingerprint density at radius 1 is 1.06 bits per heavy atom. The fraction of sp³-hybridized carbons (Fsp3) is 0.417. The van der Waals surface area contributed by atoms with Crippen molar-refractivity contribution in [3.8, 4) is 5.75 Å². The number of aryl methyl sites for hydroxylation is 1. The Balaban J connectivity index is 2.29. The zero-order valence-corrected chi connectivity index (χ0v) is 20.2. The summed E-state index contributed by atoms with van der Waals surface area (Å²) in [4.78, 5) is 27.7. The number of hydrogen-bond acceptors (Lipinski definition) is 3. The predicted molar refractivity (Wildman–Crippen MR) is 126 cm³/mol. The molecule has 2 rings (SSSR count). The topological polar surface area (TPSA) is 58.6 Å². The Morgan fingerprint density at radius 2 is 1.65 bits per heavy atom. The highest BCUT2D eigenvalue weighted by Gasteiger charge is 2.31. The van der Waals surface area contributed by atoms with Crippen LogP contribution in [0.4, 0.5) is 0 Å². The van der Waals surface area contributed by atoms with Crippen molar-refractivity contribution in [3.05, 3.63) is 63.6 Å². The summed E-state index contributed by atoms with van der Waals surface area (Å²) in [7, 11) is 0. The fourth-order valence-corrected chi connectivity index (χ4v) is 3.61. The molecule has 168 valence electrons. The molecule has 0 aliphatic heterocycles. The molecule has 0 heterocycles. The van der Waals surface area contributed by atoms with Gasteiger partial charge in [0.2, 0.25) is 5.91 Å². The number of halogens is 2. The highest BCUT2D eigenvalue weighted by atomic mass is 35.5. The first-order chi connectivity index (χ1) is 14.5. The Hall–Kier alpha value is -2.24. The van der Waals surface area contributed by atoms with E-state index in [0.717, 1.165) is 5.56 Å². The van der Waals surface area contributed by atoms with E-state index in [1.54, 1.807) is 18.2 Å². The molecule has 1 N–H and O–H groups in total. The number of carbonyl (C=O) groups excluding carboxylic acids is 2. The van der Waals surface area contributed by atoms with Gasteiger partial charge in [0.1, 0.15) is 11.8 Å². The van der Waals surface area contributed by atoms with Crippen molar-refractivity contribution in [2.75, 3.05) is 6.61 Å². The maximum absolute atomic E-state index is 13.2. The Labute approximate surface area is 194 Å². The molecule has 2 amide bonds.